The molecule has 0 aromatic heterocycles. The molecule has 5 nitrogen and oxygen atoms in total. The third-order valence-corrected chi connectivity index (χ3v) is 5.84. The second-order valence-electron chi connectivity index (χ2n) is 7.51. The Morgan fingerprint density at radius 1 is 1.16 bits per heavy atom. The number of halogens is 2. The molecule has 0 saturated heterocycles. The molecule has 0 saturated carbocycles. The summed E-state index contributed by atoms with van der Waals surface area (Å²) in [6.45, 7) is 7.27. The normalized spacial score (nSPS) is 12.7. The SMILES string of the molecule is CCc1ccc(OCC(=O)N(Cc2ccccc2F)C(C)C(=O)NC(C)CC)c(Br)c1. The van der Waals surface area contributed by atoms with Crippen molar-refractivity contribution in [2.24, 2.45) is 0 Å². The standard InChI is InChI=1S/C24H30BrFN2O3/c1-5-16(3)27-24(30)17(4)28(14-19-9-7-8-10-21(19)26)23(29)15-31-22-12-11-18(6-2)13-20(22)25/h7-13,16-17H,5-6,14-15H2,1-4H3,(H,27,30). The van der Waals surface area contributed by atoms with Crippen LogP contribution in [0.3, 0.4) is 0 Å². The number of carbonyl (C=O) groups is 2. The molecule has 1 N–H and O–H groups in total. The molecule has 0 bridgehead atoms. The van der Waals surface area contributed by atoms with Gasteiger partial charge in [-0.1, -0.05) is 38.1 Å². The number of aryl methyl sites for hydroxylation is 1. The Morgan fingerprint density at radius 3 is 2.48 bits per heavy atom. The highest BCUT2D eigenvalue weighted by atomic mass is 79.9. The maximum atomic E-state index is 14.2. The van der Waals surface area contributed by atoms with Crippen molar-refractivity contribution < 1.29 is 18.7 Å². The van der Waals surface area contributed by atoms with E-state index < -0.39 is 17.8 Å². The fourth-order valence-corrected chi connectivity index (χ4v) is 3.50. The van der Waals surface area contributed by atoms with Gasteiger partial charge in [0.05, 0.1) is 4.47 Å². The summed E-state index contributed by atoms with van der Waals surface area (Å²) in [5, 5.41) is 2.89. The molecule has 2 aromatic rings. The number of hydrogen-bond acceptors (Lipinski definition) is 3. The number of hydrogen-bond donors (Lipinski definition) is 1. The third kappa shape index (κ3) is 7.06. The summed E-state index contributed by atoms with van der Waals surface area (Å²) in [5.41, 5.74) is 1.48. The Morgan fingerprint density at radius 2 is 1.87 bits per heavy atom. The highest BCUT2D eigenvalue weighted by molar-refractivity contribution is 9.10. The van der Waals surface area contributed by atoms with E-state index in [0.717, 1.165) is 22.9 Å². The lowest BCUT2D eigenvalue weighted by Crippen LogP contribution is -2.50. The van der Waals surface area contributed by atoms with Gasteiger partial charge in [-0.05, 0) is 66.4 Å². The molecule has 0 spiro atoms. The van der Waals surface area contributed by atoms with Crippen molar-refractivity contribution in [2.75, 3.05) is 6.61 Å². The zero-order chi connectivity index (χ0) is 23.0. The van der Waals surface area contributed by atoms with Gasteiger partial charge >= 0.3 is 0 Å². The molecule has 168 valence electrons. The van der Waals surface area contributed by atoms with Gasteiger partial charge in [0.1, 0.15) is 17.6 Å². The first kappa shape index (κ1) is 24.9. The van der Waals surface area contributed by atoms with E-state index in [9.17, 15) is 14.0 Å². The van der Waals surface area contributed by atoms with Crippen molar-refractivity contribution in [3.63, 3.8) is 0 Å². The highest BCUT2D eigenvalue weighted by Gasteiger charge is 2.28. The van der Waals surface area contributed by atoms with Crippen LogP contribution in [0.15, 0.2) is 46.9 Å². The van der Waals surface area contributed by atoms with Gasteiger partial charge in [0.2, 0.25) is 5.91 Å². The van der Waals surface area contributed by atoms with Crippen molar-refractivity contribution in [1.29, 1.82) is 0 Å². The number of rotatable bonds is 10. The summed E-state index contributed by atoms with van der Waals surface area (Å²) in [5.74, 6) is -0.573. The molecule has 0 aliphatic heterocycles. The second kappa shape index (κ2) is 11.8. The topological polar surface area (TPSA) is 58.6 Å². The number of ether oxygens (including phenoxy) is 1. The summed E-state index contributed by atoms with van der Waals surface area (Å²) in [6, 6.07) is 11.1. The Balaban J connectivity index is 2.19. The lowest BCUT2D eigenvalue weighted by Gasteiger charge is -2.29. The van der Waals surface area contributed by atoms with Gasteiger partial charge in [0.25, 0.3) is 5.91 Å². The van der Waals surface area contributed by atoms with Crippen LogP contribution < -0.4 is 10.1 Å². The van der Waals surface area contributed by atoms with Gasteiger partial charge in [-0.3, -0.25) is 9.59 Å². The van der Waals surface area contributed by atoms with Crippen LogP contribution in [-0.2, 0) is 22.6 Å². The van der Waals surface area contributed by atoms with Crippen molar-refractivity contribution in [3.05, 3.63) is 63.9 Å². The molecule has 0 fully saturated rings. The Labute approximate surface area is 192 Å². The van der Waals surface area contributed by atoms with Crippen LogP contribution in [-0.4, -0.2) is 35.4 Å². The molecule has 2 amide bonds. The Kier molecular flexibility index (Phi) is 9.49. The van der Waals surface area contributed by atoms with Crippen molar-refractivity contribution in [2.45, 2.75) is 59.2 Å². The summed E-state index contributed by atoms with van der Waals surface area (Å²) in [6.07, 6.45) is 1.65. The van der Waals surface area contributed by atoms with Gasteiger partial charge in [0.15, 0.2) is 6.61 Å². The van der Waals surface area contributed by atoms with Gasteiger partial charge in [-0.2, -0.15) is 0 Å². The minimum atomic E-state index is -0.782. The van der Waals surface area contributed by atoms with Gasteiger partial charge in [-0.15, -0.1) is 0 Å². The fourth-order valence-electron chi connectivity index (χ4n) is 2.96. The average Bonchev–Trinajstić information content (AvgIpc) is 2.76. The fraction of sp³-hybridized carbons (Fsp3) is 0.417. The largest absolute Gasteiger partial charge is 0.483 e. The average molecular weight is 493 g/mol. The van der Waals surface area contributed by atoms with Crippen LogP contribution in [0.25, 0.3) is 0 Å². The third-order valence-electron chi connectivity index (χ3n) is 5.22. The molecule has 2 rings (SSSR count). The monoisotopic (exact) mass is 492 g/mol. The summed E-state index contributed by atoms with van der Waals surface area (Å²) in [4.78, 5) is 27.1. The van der Waals surface area contributed by atoms with Crippen molar-refractivity contribution >= 4 is 27.7 Å². The maximum Gasteiger partial charge on any atom is 0.261 e. The van der Waals surface area contributed by atoms with Crippen LogP contribution in [0.1, 0.15) is 45.2 Å². The molecule has 2 unspecified atom stereocenters. The lowest BCUT2D eigenvalue weighted by atomic mass is 10.1. The minimum Gasteiger partial charge on any atom is -0.483 e. The van der Waals surface area contributed by atoms with Crippen molar-refractivity contribution in [3.8, 4) is 5.75 Å². The maximum absolute atomic E-state index is 14.2. The molecule has 2 aromatic carbocycles. The number of carbonyl (C=O) groups excluding carboxylic acids is 2. The summed E-state index contributed by atoms with van der Waals surface area (Å²) >= 11 is 3.46. The minimum absolute atomic E-state index is 0.0235. The molecular formula is C24H30BrFN2O3. The first-order valence-corrected chi connectivity index (χ1v) is 11.3. The number of amides is 2. The zero-order valence-electron chi connectivity index (χ0n) is 18.5. The second-order valence-corrected chi connectivity index (χ2v) is 8.37. The smallest absolute Gasteiger partial charge is 0.261 e. The van der Waals surface area contributed by atoms with Gasteiger partial charge < -0.3 is 15.0 Å². The molecular weight excluding hydrogens is 463 g/mol. The van der Waals surface area contributed by atoms with E-state index in [-0.39, 0.29) is 25.1 Å². The van der Waals surface area contributed by atoms with Crippen LogP contribution in [0.5, 0.6) is 5.75 Å². The predicted octanol–water partition coefficient (Wildman–Crippen LogP) is 4.86. The predicted molar refractivity (Wildman–Crippen MR) is 123 cm³/mol. The molecule has 2 atom stereocenters. The van der Waals surface area contributed by atoms with E-state index in [1.54, 1.807) is 31.2 Å². The first-order valence-electron chi connectivity index (χ1n) is 10.5. The molecule has 0 radical (unpaired) electrons. The van der Waals surface area contributed by atoms with Crippen LogP contribution in [0, 0.1) is 5.82 Å². The van der Waals surface area contributed by atoms with Gasteiger partial charge in [0, 0.05) is 18.2 Å². The Hall–Kier alpha value is -2.41. The number of nitrogens with zero attached hydrogens (tertiary/aromatic N) is 1. The van der Waals surface area contributed by atoms with Gasteiger partial charge in [-0.25, -0.2) is 4.39 Å². The van der Waals surface area contributed by atoms with E-state index >= 15 is 0 Å². The van der Waals surface area contributed by atoms with Crippen LogP contribution in [0.2, 0.25) is 0 Å². The summed E-state index contributed by atoms with van der Waals surface area (Å²) < 4.78 is 20.7. The van der Waals surface area contributed by atoms with E-state index in [1.807, 2.05) is 26.0 Å². The number of benzene rings is 2. The highest BCUT2D eigenvalue weighted by Crippen LogP contribution is 2.26. The molecule has 0 aliphatic carbocycles. The Bertz CT molecular complexity index is 906. The lowest BCUT2D eigenvalue weighted by molar-refractivity contribution is -0.142. The molecule has 0 heterocycles. The zero-order valence-corrected chi connectivity index (χ0v) is 20.0. The molecule has 31 heavy (non-hydrogen) atoms. The van der Waals surface area contributed by atoms with Crippen LogP contribution in [0.4, 0.5) is 4.39 Å². The van der Waals surface area contributed by atoms with E-state index in [0.29, 0.717) is 11.3 Å². The van der Waals surface area contributed by atoms with Crippen LogP contribution >= 0.6 is 15.9 Å². The van der Waals surface area contributed by atoms with E-state index in [1.165, 1.54) is 11.0 Å². The molecule has 7 heteroatoms. The molecule has 0 aliphatic rings. The number of nitrogens with one attached hydrogen (secondary N) is 1. The first-order chi connectivity index (χ1) is 14.8. The summed E-state index contributed by atoms with van der Waals surface area (Å²) in [7, 11) is 0. The van der Waals surface area contributed by atoms with E-state index in [4.69, 9.17) is 4.74 Å². The van der Waals surface area contributed by atoms with E-state index in [2.05, 4.69) is 28.2 Å². The van der Waals surface area contributed by atoms with Crippen molar-refractivity contribution in [1.82, 2.24) is 10.2 Å². The quantitative estimate of drug-likeness (QED) is 0.514.